The van der Waals surface area contributed by atoms with E-state index >= 15 is 0 Å². The van der Waals surface area contributed by atoms with Gasteiger partial charge in [0.1, 0.15) is 0 Å². The molecule has 0 aliphatic rings. The molecule has 0 rings (SSSR count). The second kappa shape index (κ2) is 7.17. The number of aliphatic hydroxyl groups is 2. The minimum atomic E-state index is -0.688. The summed E-state index contributed by atoms with van der Waals surface area (Å²) < 4.78 is 4.81. The number of hydrogen-bond donors (Lipinski definition) is 3. The number of ether oxygens (including phenoxy) is 1. The van der Waals surface area contributed by atoms with Gasteiger partial charge in [0.15, 0.2) is 0 Å². The van der Waals surface area contributed by atoms with Crippen LogP contribution in [0.5, 0.6) is 0 Å². The van der Waals surface area contributed by atoms with Crippen molar-refractivity contribution in [2.75, 3.05) is 26.8 Å². The highest BCUT2D eigenvalue weighted by Gasteiger charge is 2.23. The lowest BCUT2D eigenvalue weighted by Crippen LogP contribution is -2.43. The molecule has 4 heteroatoms. The van der Waals surface area contributed by atoms with Crippen molar-refractivity contribution in [3.63, 3.8) is 0 Å². The molecule has 0 aromatic rings. The van der Waals surface area contributed by atoms with Crippen LogP contribution in [-0.2, 0) is 4.74 Å². The molecule has 0 aromatic heterocycles. The molecule has 0 aliphatic heterocycles. The van der Waals surface area contributed by atoms with Crippen LogP contribution in [-0.4, -0.2) is 48.7 Å². The third-order valence-corrected chi connectivity index (χ3v) is 2.74. The summed E-state index contributed by atoms with van der Waals surface area (Å²) in [5.74, 6) is 0.217. The van der Waals surface area contributed by atoms with Gasteiger partial charge in [-0.1, -0.05) is 13.8 Å². The number of nitrogens with one attached hydrogen (secondary N) is 1. The third kappa shape index (κ3) is 6.84. The maximum Gasteiger partial charge on any atom is 0.0785 e. The van der Waals surface area contributed by atoms with Crippen LogP contribution in [0.4, 0.5) is 0 Å². The Hall–Kier alpha value is -0.160. The molecule has 15 heavy (non-hydrogen) atoms. The predicted octanol–water partition coefficient (Wildman–Crippen LogP) is 0.380. The number of hydrogen-bond acceptors (Lipinski definition) is 4. The Labute approximate surface area is 92.6 Å². The van der Waals surface area contributed by atoms with Crippen molar-refractivity contribution in [2.45, 2.75) is 38.9 Å². The van der Waals surface area contributed by atoms with Crippen molar-refractivity contribution in [3.05, 3.63) is 0 Å². The van der Waals surface area contributed by atoms with Crippen LogP contribution in [0, 0.1) is 5.92 Å². The van der Waals surface area contributed by atoms with E-state index in [2.05, 4.69) is 5.32 Å². The first-order valence-electron chi connectivity index (χ1n) is 5.50. The van der Waals surface area contributed by atoms with E-state index in [-0.39, 0.29) is 5.92 Å². The van der Waals surface area contributed by atoms with E-state index in [0.717, 1.165) is 0 Å². The highest BCUT2D eigenvalue weighted by atomic mass is 16.5. The molecule has 2 unspecified atom stereocenters. The summed E-state index contributed by atoms with van der Waals surface area (Å²) in [7, 11) is 1.57. The summed E-state index contributed by atoms with van der Waals surface area (Å²) in [6.45, 7) is 7.39. The van der Waals surface area contributed by atoms with Crippen LogP contribution >= 0.6 is 0 Å². The molecular weight excluding hydrogens is 194 g/mol. The van der Waals surface area contributed by atoms with Crippen LogP contribution in [0.3, 0.4) is 0 Å². The first-order valence-corrected chi connectivity index (χ1v) is 5.50. The Morgan fingerprint density at radius 3 is 2.47 bits per heavy atom. The van der Waals surface area contributed by atoms with Gasteiger partial charge in [-0.25, -0.2) is 0 Å². The molecule has 0 amide bonds. The second-order valence-corrected chi connectivity index (χ2v) is 4.59. The standard InChI is InChI=1S/C11H25NO3/c1-9(2)11(3,14)8-12-6-5-10(13)7-15-4/h9-10,12-14H,5-8H2,1-4H3. The molecule has 0 saturated heterocycles. The maximum atomic E-state index is 9.91. The van der Waals surface area contributed by atoms with Gasteiger partial charge in [0.2, 0.25) is 0 Å². The van der Waals surface area contributed by atoms with Gasteiger partial charge in [0.25, 0.3) is 0 Å². The Bertz CT molecular complexity index is 160. The molecule has 0 radical (unpaired) electrons. The van der Waals surface area contributed by atoms with Crippen molar-refractivity contribution in [3.8, 4) is 0 Å². The smallest absolute Gasteiger partial charge is 0.0785 e. The molecule has 0 spiro atoms. The van der Waals surface area contributed by atoms with Crippen LogP contribution < -0.4 is 5.32 Å². The largest absolute Gasteiger partial charge is 0.391 e. The Balaban J connectivity index is 3.54. The lowest BCUT2D eigenvalue weighted by atomic mass is 9.92. The first-order chi connectivity index (χ1) is 6.90. The van der Waals surface area contributed by atoms with Gasteiger partial charge >= 0.3 is 0 Å². The quantitative estimate of drug-likeness (QED) is 0.517. The minimum absolute atomic E-state index is 0.217. The van der Waals surface area contributed by atoms with Gasteiger partial charge in [-0.2, -0.15) is 0 Å². The number of rotatable bonds is 8. The molecule has 92 valence electrons. The van der Waals surface area contributed by atoms with Gasteiger partial charge in [-0.05, 0) is 25.8 Å². The molecule has 0 aromatic carbocycles. The molecule has 3 N–H and O–H groups in total. The van der Waals surface area contributed by atoms with Crippen LogP contribution in [0.1, 0.15) is 27.2 Å². The monoisotopic (exact) mass is 219 g/mol. The third-order valence-electron chi connectivity index (χ3n) is 2.74. The lowest BCUT2D eigenvalue weighted by molar-refractivity contribution is 0.0122. The highest BCUT2D eigenvalue weighted by Crippen LogP contribution is 2.14. The van der Waals surface area contributed by atoms with E-state index in [1.54, 1.807) is 7.11 Å². The molecule has 0 aliphatic carbocycles. The zero-order valence-corrected chi connectivity index (χ0v) is 10.3. The fourth-order valence-corrected chi connectivity index (χ4v) is 1.09. The van der Waals surface area contributed by atoms with E-state index in [1.165, 1.54) is 0 Å². The Morgan fingerprint density at radius 1 is 1.40 bits per heavy atom. The normalized spacial score (nSPS) is 17.8. The van der Waals surface area contributed by atoms with Crippen LogP contribution in [0.2, 0.25) is 0 Å². The van der Waals surface area contributed by atoms with Gasteiger partial charge < -0.3 is 20.3 Å². The Kier molecular flexibility index (Phi) is 7.09. The van der Waals surface area contributed by atoms with Crippen molar-refractivity contribution in [2.24, 2.45) is 5.92 Å². The van der Waals surface area contributed by atoms with E-state index in [1.807, 2.05) is 20.8 Å². The fourth-order valence-electron chi connectivity index (χ4n) is 1.09. The minimum Gasteiger partial charge on any atom is -0.391 e. The summed E-state index contributed by atoms with van der Waals surface area (Å²) in [6.07, 6.45) is 0.216. The molecule has 4 nitrogen and oxygen atoms in total. The summed E-state index contributed by atoms with van der Waals surface area (Å²) in [5.41, 5.74) is -0.688. The molecule has 0 heterocycles. The molecule has 2 atom stereocenters. The highest BCUT2D eigenvalue weighted by molar-refractivity contribution is 4.78. The second-order valence-electron chi connectivity index (χ2n) is 4.59. The SMILES string of the molecule is COCC(O)CCNCC(C)(O)C(C)C. The van der Waals surface area contributed by atoms with Crippen LogP contribution in [0.25, 0.3) is 0 Å². The van der Waals surface area contributed by atoms with Gasteiger partial charge in [-0.15, -0.1) is 0 Å². The molecule has 0 bridgehead atoms. The van der Waals surface area contributed by atoms with E-state index in [4.69, 9.17) is 4.74 Å². The lowest BCUT2D eigenvalue weighted by Gasteiger charge is -2.28. The van der Waals surface area contributed by atoms with E-state index in [9.17, 15) is 10.2 Å². The van der Waals surface area contributed by atoms with Gasteiger partial charge in [-0.3, -0.25) is 0 Å². The van der Waals surface area contributed by atoms with Crippen molar-refractivity contribution in [1.82, 2.24) is 5.32 Å². The van der Waals surface area contributed by atoms with Crippen LogP contribution in [0.15, 0.2) is 0 Å². The molecule has 0 saturated carbocycles. The molecular formula is C11H25NO3. The summed E-state index contributed by atoms with van der Waals surface area (Å²) in [4.78, 5) is 0. The summed E-state index contributed by atoms with van der Waals surface area (Å²) in [5, 5.41) is 22.4. The molecule has 0 fully saturated rings. The van der Waals surface area contributed by atoms with Crippen molar-refractivity contribution < 1.29 is 14.9 Å². The fraction of sp³-hybridized carbons (Fsp3) is 1.00. The zero-order valence-electron chi connectivity index (χ0n) is 10.3. The number of aliphatic hydroxyl groups excluding tert-OH is 1. The summed E-state index contributed by atoms with van der Waals surface area (Å²) >= 11 is 0. The Morgan fingerprint density at radius 2 is 2.00 bits per heavy atom. The van der Waals surface area contributed by atoms with Gasteiger partial charge in [0.05, 0.1) is 18.3 Å². The topological polar surface area (TPSA) is 61.7 Å². The van der Waals surface area contributed by atoms with Crippen molar-refractivity contribution in [1.29, 1.82) is 0 Å². The maximum absolute atomic E-state index is 9.91. The predicted molar refractivity (Wildman–Crippen MR) is 60.8 cm³/mol. The van der Waals surface area contributed by atoms with Gasteiger partial charge in [0, 0.05) is 13.7 Å². The van der Waals surface area contributed by atoms with E-state index < -0.39 is 11.7 Å². The average molecular weight is 219 g/mol. The zero-order chi connectivity index (χ0) is 11.9. The first kappa shape index (κ1) is 14.8. The van der Waals surface area contributed by atoms with E-state index in [0.29, 0.717) is 26.1 Å². The van der Waals surface area contributed by atoms with Crippen molar-refractivity contribution >= 4 is 0 Å². The summed E-state index contributed by atoms with van der Waals surface area (Å²) in [6, 6.07) is 0. The average Bonchev–Trinajstić information content (AvgIpc) is 2.13. The number of methoxy groups -OCH3 is 1.